The largest absolute Gasteiger partial charge is 0.395 e. The summed E-state index contributed by atoms with van der Waals surface area (Å²) in [6.45, 7) is 0.0897. The van der Waals surface area contributed by atoms with Crippen molar-refractivity contribution >= 4 is 28.3 Å². The number of carbonyl (C=O) groups is 2. The van der Waals surface area contributed by atoms with Crippen molar-refractivity contribution in [1.82, 2.24) is 4.90 Å². The van der Waals surface area contributed by atoms with E-state index in [2.05, 4.69) is 11.2 Å². The fraction of sp³-hybridized carbons (Fsp3) is 0.176. The van der Waals surface area contributed by atoms with Crippen molar-refractivity contribution in [3.8, 4) is 12.3 Å². The van der Waals surface area contributed by atoms with E-state index in [1.165, 1.54) is 0 Å². The molecule has 2 aromatic carbocycles. The van der Waals surface area contributed by atoms with Gasteiger partial charge in [0.2, 0.25) is 0 Å². The molecule has 1 aliphatic heterocycles. The lowest BCUT2D eigenvalue weighted by Gasteiger charge is -2.27. The molecule has 0 saturated carbocycles. The average molecular weight is 294 g/mol. The molecule has 3 rings (SSSR count). The summed E-state index contributed by atoms with van der Waals surface area (Å²) in [6.07, 6.45) is 5.26. The molecular formula is C17H14N2O3. The Balaban J connectivity index is 2.23. The summed E-state index contributed by atoms with van der Waals surface area (Å²) in [4.78, 5) is 26.0. The van der Waals surface area contributed by atoms with Gasteiger partial charge in [0.05, 0.1) is 19.7 Å². The minimum Gasteiger partial charge on any atom is -0.395 e. The lowest BCUT2D eigenvalue weighted by Crippen LogP contribution is -2.41. The van der Waals surface area contributed by atoms with E-state index in [1.807, 2.05) is 6.07 Å². The number of nitrogens with one attached hydrogen (secondary N) is 1. The third-order valence-electron chi connectivity index (χ3n) is 3.70. The van der Waals surface area contributed by atoms with Gasteiger partial charge < -0.3 is 10.4 Å². The van der Waals surface area contributed by atoms with Gasteiger partial charge in [0, 0.05) is 27.6 Å². The molecule has 0 saturated heterocycles. The van der Waals surface area contributed by atoms with Crippen LogP contribution in [0.5, 0.6) is 0 Å². The first-order valence-electron chi connectivity index (χ1n) is 6.89. The Bertz CT molecular complexity index is 798. The molecule has 1 heterocycles. The number of benzene rings is 2. The number of aliphatic hydroxyl groups excluding tert-OH is 1. The highest BCUT2D eigenvalue weighted by atomic mass is 16.3. The molecule has 0 bridgehead atoms. The minimum absolute atomic E-state index is 0.00934. The van der Waals surface area contributed by atoms with Gasteiger partial charge in [0.1, 0.15) is 0 Å². The number of nitrogens with zero attached hydrogens (tertiary/aromatic N) is 1. The fourth-order valence-electron chi connectivity index (χ4n) is 2.75. The van der Waals surface area contributed by atoms with Crippen molar-refractivity contribution in [1.29, 1.82) is 0 Å². The molecule has 0 unspecified atom stereocenters. The van der Waals surface area contributed by atoms with E-state index in [0.717, 1.165) is 16.0 Å². The number of hydrogen-bond acceptors (Lipinski definition) is 4. The van der Waals surface area contributed by atoms with Gasteiger partial charge in [-0.05, 0) is 18.2 Å². The molecule has 0 aromatic heterocycles. The summed E-state index contributed by atoms with van der Waals surface area (Å²) in [6, 6.07) is 8.78. The Morgan fingerprint density at radius 1 is 1.14 bits per heavy atom. The highest BCUT2D eigenvalue weighted by Gasteiger charge is 2.32. The van der Waals surface area contributed by atoms with Crippen LogP contribution >= 0.6 is 0 Å². The maximum Gasteiger partial charge on any atom is 0.261 e. The van der Waals surface area contributed by atoms with Gasteiger partial charge in [0.15, 0.2) is 0 Å². The van der Waals surface area contributed by atoms with Crippen molar-refractivity contribution in [3.05, 3.63) is 41.5 Å². The number of imide groups is 1. The maximum atomic E-state index is 12.5. The van der Waals surface area contributed by atoms with Crippen LogP contribution < -0.4 is 5.32 Å². The van der Waals surface area contributed by atoms with Crippen molar-refractivity contribution in [2.24, 2.45) is 0 Å². The van der Waals surface area contributed by atoms with Crippen LogP contribution in [0.4, 0.5) is 5.69 Å². The highest BCUT2D eigenvalue weighted by molar-refractivity contribution is 6.26. The predicted octanol–water partition coefficient (Wildman–Crippen LogP) is 1.47. The normalized spacial score (nSPS) is 13.4. The Morgan fingerprint density at radius 2 is 1.86 bits per heavy atom. The zero-order chi connectivity index (χ0) is 15.7. The molecule has 5 nitrogen and oxygen atoms in total. The quantitative estimate of drug-likeness (QED) is 0.662. The third kappa shape index (κ3) is 2.01. The molecule has 0 fully saturated rings. The van der Waals surface area contributed by atoms with Crippen LogP contribution in [0.1, 0.15) is 20.7 Å². The van der Waals surface area contributed by atoms with Crippen molar-refractivity contribution in [2.75, 3.05) is 25.0 Å². The van der Waals surface area contributed by atoms with Crippen LogP contribution in [0.2, 0.25) is 0 Å². The van der Waals surface area contributed by atoms with Crippen LogP contribution in [0.15, 0.2) is 30.3 Å². The Morgan fingerprint density at radius 3 is 2.55 bits per heavy atom. The number of β-amino-alcohol motifs (C(OH)–C–C–N with tert-alkyl or cyclic N) is 1. The Kier molecular flexibility index (Phi) is 3.53. The fourth-order valence-corrected chi connectivity index (χ4v) is 2.75. The van der Waals surface area contributed by atoms with Gasteiger partial charge in [-0.2, -0.15) is 0 Å². The van der Waals surface area contributed by atoms with Gasteiger partial charge in [0.25, 0.3) is 11.8 Å². The number of hydrogen-bond donors (Lipinski definition) is 2. The number of carbonyl (C=O) groups excluding carboxylic acids is 2. The summed E-state index contributed by atoms with van der Waals surface area (Å²) in [7, 11) is 0. The van der Waals surface area contributed by atoms with Gasteiger partial charge in [-0.1, -0.05) is 18.1 Å². The summed E-state index contributed by atoms with van der Waals surface area (Å²) in [5, 5.41) is 13.6. The summed E-state index contributed by atoms with van der Waals surface area (Å²) in [5.41, 5.74) is 1.71. The van der Waals surface area contributed by atoms with E-state index in [0.29, 0.717) is 23.1 Å². The molecule has 110 valence electrons. The Hall–Kier alpha value is -2.84. The molecule has 0 radical (unpaired) electrons. The van der Waals surface area contributed by atoms with Crippen LogP contribution in [0.25, 0.3) is 10.8 Å². The summed E-state index contributed by atoms with van der Waals surface area (Å²) in [5.74, 6) is 1.73. The minimum atomic E-state index is -0.383. The highest BCUT2D eigenvalue weighted by Crippen LogP contribution is 2.34. The molecule has 0 atom stereocenters. The molecule has 2 amide bonds. The number of rotatable bonds is 4. The lowest BCUT2D eigenvalue weighted by molar-refractivity contribution is 0.0580. The topological polar surface area (TPSA) is 69.6 Å². The summed E-state index contributed by atoms with van der Waals surface area (Å²) >= 11 is 0. The number of amides is 2. The number of aliphatic hydroxyl groups is 1. The van der Waals surface area contributed by atoms with E-state index in [4.69, 9.17) is 11.5 Å². The second-order valence-corrected chi connectivity index (χ2v) is 4.93. The maximum absolute atomic E-state index is 12.5. The molecule has 0 aliphatic carbocycles. The first-order chi connectivity index (χ1) is 10.7. The molecule has 0 spiro atoms. The monoisotopic (exact) mass is 294 g/mol. The van der Waals surface area contributed by atoms with Crippen molar-refractivity contribution in [3.63, 3.8) is 0 Å². The molecule has 2 N–H and O–H groups in total. The van der Waals surface area contributed by atoms with Gasteiger partial charge in [-0.3, -0.25) is 14.5 Å². The van der Waals surface area contributed by atoms with E-state index >= 15 is 0 Å². The van der Waals surface area contributed by atoms with Gasteiger partial charge in [-0.15, -0.1) is 6.42 Å². The van der Waals surface area contributed by atoms with Crippen LogP contribution in [0, 0.1) is 12.3 Å². The lowest BCUT2D eigenvalue weighted by atomic mass is 9.93. The third-order valence-corrected chi connectivity index (χ3v) is 3.70. The van der Waals surface area contributed by atoms with Crippen LogP contribution in [-0.2, 0) is 0 Å². The van der Waals surface area contributed by atoms with E-state index in [1.54, 1.807) is 24.3 Å². The first kappa shape index (κ1) is 14.1. The number of terminal acetylenes is 1. The van der Waals surface area contributed by atoms with E-state index in [9.17, 15) is 9.59 Å². The predicted molar refractivity (Wildman–Crippen MR) is 83.7 cm³/mol. The summed E-state index contributed by atoms with van der Waals surface area (Å²) < 4.78 is 0. The second kappa shape index (κ2) is 5.51. The first-order valence-corrected chi connectivity index (χ1v) is 6.89. The van der Waals surface area contributed by atoms with Crippen LogP contribution in [0.3, 0.4) is 0 Å². The zero-order valence-electron chi connectivity index (χ0n) is 11.8. The number of anilines is 1. The van der Waals surface area contributed by atoms with E-state index in [-0.39, 0.29) is 25.0 Å². The molecule has 5 heteroatoms. The van der Waals surface area contributed by atoms with Gasteiger partial charge >= 0.3 is 0 Å². The SMILES string of the molecule is C#CCNc1ccc2c3c(cccc13)C(=O)N(CCO)C2=O. The van der Waals surface area contributed by atoms with Crippen LogP contribution in [-0.4, -0.2) is 41.5 Å². The van der Waals surface area contributed by atoms with Gasteiger partial charge in [-0.25, -0.2) is 0 Å². The van der Waals surface area contributed by atoms with E-state index < -0.39 is 0 Å². The van der Waals surface area contributed by atoms with Crippen molar-refractivity contribution in [2.45, 2.75) is 0 Å². The molecule has 22 heavy (non-hydrogen) atoms. The smallest absolute Gasteiger partial charge is 0.261 e. The standard InChI is InChI=1S/C17H14N2O3/c1-2-8-18-14-7-6-13-15-11(14)4-3-5-12(15)16(21)19(9-10-20)17(13)22/h1,3-7,18,20H,8-10H2. The Labute approximate surface area is 127 Å². The zero-order valence-corrected chi connectivity index (χ0v) is 11.8. The molecule has 1 aliphatic rings. The molecule has 2 aromatic rings. The second-order valence-electron chi connectivity index (χ2n) is 4.93. The van der Waals surface area contributed by atoms with Crippen molar-refractivity contribution < 1.29 is 14.7 Å². The average Bonchev–Trinajstić information content (AvgIpc) is 2.54. The molecular weight excluding hydrogens is 280 g/mol.